The first-order chi connectivity index (χ1) is 6.72. The van der Waals surface area contributed by atoms with Crippen molar-refractivity contribution in [1.82, 2.24) is 5.48 Å². The summed E-state index contributed by atoms with van der Waals surface area (Å²) >= 11 is 9.40. The molecule has 1 rings (SSSR count). The number of rotatable bonds is 4. The first kappa shape index (κ1) is 12.2. The SMILES string of the molecule is CSc1cc(CNO)cc(Cl)c1SC. The predicted octanol–water partition coefficient (Wildman–Crippen LogP) is 3.26. The topological polar surface area (TPSA) is 32.3 Å². The molecular weight excluding hydrogens is 238 g/mol. The largest absolute Gasteiger partial charge is 0.316 e. The molecule has 1 aromatic rings. The number of thioether (sulfide) groups is 2. The van der Waals surface area contributed by atoms with E-state index in [2.05, 4.69) is 5.48 Å². The molecule has 5 heteroatoms. The highest BCUT2D eigenvalue weighted by Crippen LogP contribution is 2.35. The molecule has 0 atom stereocenters. The second-order valence-corrected chi connectivity index (χ2v) is 4.72. The Hall–Kier alpha value is 0.130. The van der Waals surface area contributed by atoms with Gasteiger partial charge in [0, 0.05) is 16.3 Å². The van der Waals surface area contributed by atoms with E-state index in [-0.39, 0.29) is 0 Å². The molecule has 14 heavy (non-hydrogen) atoms. The third kappa shape index (κ3) is 2.81. The number of hydroxylamine groups is 1. The van der Waals surface area contributed by atoms with Gasteiger partial charge >= 0.3 is 0 Å². The molecule has 2 N–H and O–H groups in total. The Morgan fingerprint density at radius 3 is 2.57 bits per heavy atom. The van der Waals surface area contributed by atoms with E-state index in [1.165, 1.54) is 0 Å². The molecule has 0 aliphatic carbocycles. The van der Waals surface area contributed by atoms with Crippen LogP contribution >= 0.6 is 35.1 Å². The van der Waals surface area contributed by atoms with Crippen LogP contribution in [0.25, 0.3) is 0 Å². The van der Waals surface area contributed by atoms with Crippen LogP contribution in [0, 0.1) is 0 Å². The summed E-state index contributed by atoms with van der Waals surface area (Å²) in [5, 5.41) is 9.34. The maximum atomic E-state index is 8.60. The molecule has 0 bridgehead atoms. The van der Waals surface area contributed by atoms with Gasteiger partial charge in [0.25, 0.3) is 0 Å². The fourth-order valence-corrected chi connectivity index (χ4v) is 3.27. The zero-order valence-corrected chi connectivity index (χ0v) is 10.4. The van der Waals surface area contributed by atoms with Crippen LogP contribution < -0.4 is 5.48 Å². The summed E-state index contributed by atoms with van der Waals surface area (Å²) in [4.78, 5) is 2.25. The normalized spacial score (nSPS) is 10.6. The molecule has 0 radical (unpaired) electrons. The Morgan fingerprint density at radius 2 is 2.07 bits per heavy atom. The lowest BCUT2D eigenvalue weighted by Crippen LogP contribution is -2.06. The summed E-state index contributed by atoms with van der Waals surface area (Å²) in [5.74, 6) is 0. The van der Waals surface area contributed by atoms with Crippen molar-refractivity contribution in [2.24, 2.45) is 0 Å². The van der Waals surface area contributed by atoms with Crippen LogP contribution in [0.2, 0.25) is 5.02 Å². The lowest BCUT2D eigenvalue weighted by molar-refractivity contribution is 0.161. The fourth-order valence-electron chi connectivity index (χ4n) is 1.16. The summed E-state index contributed by atoms with van der Waals surface area (Å²) in [6.07, 6.45) is 4.02. The summed E-state index contributed by atoms with van der Waals surface area (Å²) in [6, 6.07) is 3.90. The van der Waals surface area contributed by atoms with Crippen molar-refractivity contribution in [3.05, 3.63) is 22.7 Å². The standard InChI is InChI=1S/C9H12ClNOS2/c1-13-8-4-6(5-11-12)3-7(10)9(8)14-2/h3-4,11-12H,5H2,1-2H3. The molecule has 0 aromatic heterocycles. The Balaban J connectivity index is 3.10. The first-order valence-electron chi connectivity index (χ1n) is 4.00. The minimum absolute atomic E-state index is 0.419. The van der Waals surface area contributed by atoms with E-state index in [0.717, 1.165) is 20.4 Å². The highest BCUT2D eigenvalue weighted by atomic mass is 35.5. The van der Waals surface area contributed by atoms with Crippen molar-refractivity contribution in [3.8, 4) is 0 Å². The van der Waals surface area contributed by atoms with Crippen LogP contribution in [0.5, 0.6) is 0 Å². The van der Waals surface area contributed by atoms with Gasteiger partial charge in [-0.3, -0.25) is 0 Å². The molecule has 0 amide bonds. The van der Waals surface area contributed by atoms with Gasteiger partial charge in [-0.05, 0) is 30.2 Å². The lowest BCUT2D eigenvalue weighted by Gasteiger charge is -2.09. The lowest BCUT2D eigenvalue weighted by atomic mass is 10.2. The Bertz CT molecular complexity index is 320. The van der Waals surface area contributed by atoms with E-state index in [4.69, 9.17) is 16.8 Å². The summed E-state index contributed by atoms with van der Waals surface area (Å²) in [6.45, 7) is 0.419. The Labute approximate surface area is 97.4 Å². The number of hydrogen-bond donors (Lipinski definition) is 2. The van der Waals surface area contributed by atoms with Crippen molar-refractivity contribution >= 4 is 35.1 Å². The van der Waals surface area contributed by atoms with Crippen molar-refractivity contribution < 1.29 is 5.21 Å². The van der Waals surface area contributed by atoms with E-state index >= 15 is 0 Å². The highest BCUT2D eigenvalue weighted by Gasteiger charge is 2.07. The second-order valence-electron chi connectivity index (χ2n) is 2.65. The van der Waals surface area contributed by atoms with Gasteiger partial charge in [0.2, 0.25) is 0 Å². The monoisotopic (exact) mass is 249 g/mol. The molecule has 0 saturated carbocycles. The van der Waals surface area contributed by atoms with Crippen LogP contribution in [0.1, 0.15) is 5.56 Å². The van der Waals surface area contributed by atoms with Crippen LogP contribution in [-0.2, 0) is 6.54 Å². The summed E-state index contributed by atoms with van der Waals surface area (Å²) < 4.78 is 0. The molecule has 0 heterocycles. The van der Waals surface area contributed by atoms with Gasteiger partial charge < -0.3 is 5.21 Å². The minimum Gasteiger partial charge on any atom is -0.316 e. The van der Waals surface area contributed by atoms with Gasteiger partial charge in [0.1, 0.15) is 0 Å². The second kappa shape index (κ2) is 5.88. The number of hydrogen-bond acceptors (Lipinski definition) is 4. The molecule has 0 fully saturated rings. The molecule has 2 nitrogen and oxygen atoms in total. The van der Waals surface area contributed by atoms with Crippen LogP contribution in [0.15, 0.2) is 21.9 Å². The fraction of sp³-hybridized carbons (Fsp3) is 0.333. The quantitative estimate of drug-likeness (QED) is 0.634. The minimum atomic E-state index is 0.419. The van der Waals surface area contributed by atoms with Gasteiger partial charge in [-0.1, -0.05) is 11.6 Å². The maximum absolute atomic E-state index is 8.60. The smallest absolute Gasteiger partial charge is 0.0556 e. The third-order valence-corrected chi connectivity index (χ3v) is 3.93. The van der Waals surface area contributed by atoms with Crippen molar-refractivity contribution in [1.29, 1.82) is 0 Å². The maximum Gasteiger partial charge on any atom is 0.0556 e. The van der Waals surface area contributed by atoms with Crippen LogP contribution in [-0.4, -0.2) is 17.7 Å². The van der Waals surface area contributed by atoms with Gasteiger partial charge in [-0.25, -0.2) is 5.48 Å². The molecule has 0 saturated heterocycles. The first-order valence-corrected chi connectivity index (χ1v) is 6.83. The van der Waals surface area contributed by atoms with Crippen molar-refractivity contribution in [2.45, 2.75) is 16.3 Å². The zero-order chi connectivity index (χ0) is 10.6. The molecule has 0 spiro atoms. The zero-order valence-electron chi connectivity index (χ0n) is 8.00. The highest BCUT2D eigenvalue weighted by molar-refractivity contribution is 8.01. The molecular formula is C9H12ClNOS2. The molecule has 78 valence electrons. The van der Waals surface area contributed by atoms with Gasteiger partial charge in [0.15, 0.2) is 0 Å². The van der Waals surface area contributed by atoms with E-state index < -0.39 is 0 Å². The summed E-state index contributed by atoms with van der Waals surface area (Å²) in [7, 11) is 0. The van der Waals surface area contributed by atoms with Gasteiger partial charge in [0.05, 0.1) is 5.02 Å². The molecule has 0 unspecified atom stereocenters. The van der Waals surface area contributed by atoms with Crippen LogP contribution in [0.3, 0.4) is 0 Å². The Morgan fingerprint density at radius 1 is 1.36 bits per heavy atom. The summed E-state index contributed by atoms with van der Waals surface area (Å²) in [5.41, 5.74) is 3.11. The van der Waals surface area contributed by atoms with E-state index in [1.54, 1.807) is 23.5 Å². The van der Waals surface area contributed by atoms with Crippen LogP contribution in [0.4, 0.5) is 0 Å². The number of nitrogens with one attached hydrogen (secondary N) is 1. The average Bonchev–Trinajstić information content (AvgIpc) is 2.17. The van der Waals surface area contributed by atoms with Gasteiger partial charge in [-0.15, -0.1) is 23.5 Å². The van der Waals surface area contributed by atoms with Crippen molar-refractivity contribution in [3.63, 3.8) is 0 Å². The average molecular weight is 250 g/mol. The van der Waals surface area contributed by atoms with Gasteiger partial charge in [-0.2, -0.15) is 0 Å². The predicted molar refractivity (Wildman–Crippen MR) is 63.6 cm³/mol. The molecule has 0 aliphatic rings. The van der Waals surface area contributed by atoms with Crippen molar-refractivity contribution in [2.75, 3.05) is 12.5 Å². The van der Waals surface area contributed by atoms with E-state index in [0.29, 0.717) is 6.54 Å². The molecule has 0 aliphatic heterocycles. The third-order valence-electron chi connectivity index (χ3n) is 1.78. The molecule has 1 aromatic carbocycles. The van der Waals surface area contributed by atoms with E-state index in [1.807, 2.05) is 24.6 Å². The number of halogens is 1. The Kier molecular flexibility index (Phi) is 5.12. The number of benzene rings is 1. The van der Waals surface area contributed by atoms with E-state index in [9.17, 15) is 0 Å².